The number of hydrogen-bond acceptors (Lipinski definition) is 4. The number of benzene rings is 1. The molecular weight excluding hydrogens is 230 g/mol. The molecule has 0 saturated heterocycles. The number of nitrogens with two attached hydrogens (primary N) is 1. The molecule has 94 valence electrons. The molecule has 0 spiro atoms. The summed E-state index contributed by atoms with van der Waals surface area (Å²) in [4.78, 5) is 17.2. The van der Waals surface area contributed by atoms with Gasteiger partial charge in [0.05, 0.1) is 7.11 Å². The first kappa shape index (κ1) is 12.2. The standard InChI is InChI=1S/C13H15N3O2/c1-3-8-6-9(4-5-11(8)18-2)10-7-15-13(17)16-12(10)14/h4-7H,3H2,1-2H3,(H3,14,15,16,17). The normalized spacial score (nSPS) is 10.3. The number of aromatic amines is 1. The van der Waals surface area contributed by atoms with Crippen molar-refractivity contribution in [2.75, 3.05) is 12.8 Å². The maximum Gasteiger partial charge on any atom is 0.346 e. The van der Waals surface area contributed by atoms with Gasteiger partial charge in [-0.3, -0.25) is 4.98 Å². The molecule has 0 aliphatic carbocycles. The van der Waals surface area contributed by atoms with Crippen LogP contribution in [0.3, 0.4) is 0 Å². The average molecular weight is 245 g/mol. The summed E-state index contributed by atoms with van der Waals surface area (Å²) in [6.07, 6.45) is 2.34. The lowest BCUT2D eigenvalue weighted by molar-refractivity contribution is 0.410. The van der Waals surface area contributed by atoms with E-state index < -0.39 is 5.69 Å². The molecule has 1 aromatic carbocycles. The van der Waals surface area contributed by atoms with Gasteiger partial charge in [0.2, 0.25) is 0 Å². The molecule has 0 amide bonds. The van der Waals surface area contributed by atoms with Crippen molar-refractivity contribution < 1.29 is 4.74 Å². The van der Waals surface area contributed by atoms with E-state index in [1.807, 2.05) is 18.2 Å². The highest BCUT2D eigenvalue weighted by atomic mass is 16.5. The molecule has 0 radical (unpaired) electrons. The lowest BCUT2D eigenvalue weighted by atomic mass is 10.0. The number of anilines is 1. The molecule has 0 bridgehead atoms. The Bertz CT molecular complexity index is 620. The first-order valence-electron chi connectivity index (χ1n) is 5.67. The summed E-state index contributed by atoms with van der Waals surface area (Å²) in [5, 5.41) is 0. The number of aryl methyl sites for hydroxylation is 1. The molecule has 1 aromatic heterocycles. The van der Waals surface area contributed by atoms with Gasteiger partial charge in [0.1, 0.15) is 11.6 Å². The molecule has 5 nitrogen and oxygen atoms in total. The molecule has 0 saturated carbocycles. The highest BCUT2D eigenvalue weighted by Gasteiger charge is 2.08. The smallest absolute Gasteiger partial charge is 0.346 e. The zero-order valence-electron chi connectivity index (χ0n) is 10.4. The van der Waals surface area contributed by atoms with Crippen molar-refractivity contribution in [2.24, 2.45) is 0 Å². The van der Waals surface area contributed by atoms with Gasteiger partial charge in [-0.25, -0.2) is 9.78 Å². The van der Waals surface area contributed by atoms with Gasteiger partial charge in [-0.05, 0) is 29.7 Å². The van der Waals surface area contributed by atoms with Crippen molar-refractivity contribution in [2.45, 2.75) is 13.3 Å². The number of aromatic nitrogens is 2. The van der Waals surface area contributed by atoms with Crippen LogP contribution in [0.15, 0.2) is 29.2 Å². The maximum atomic E-state index is 11.0. The molecule has 5 heteroatoms. The van der Waals surface area contributed by atoms with Crippen LogP contribution in [0.5, 0.6) is 5.75 Å². The fourth-order valence-electron chi connectivity index (χ4n) is 1.86. The molecule has 18 heavy (non-hydrogen) atoms. The molecule has 2 rings (SSSR count). The van der Waals surface area contributed by atoms with Crippen LogP contribution in [0.2, 0.25) is 0 Å². The predicted molar refractivity (Wildman–Crippen MR) is 70.6 cm³/mol. The van der Waals surface area contributed by atoms with E-state index in [1.54, 1.807) is 7.11 Å². The Labute approximate surface area is 105 Å². The first-order chi connectivity index (χ1) is 8.65. The summed E-state index contributed by atoms with van der Waals surface area (Å²) in [7, 11) is 1.64. The summed E-state index contributed by atoms with van der Waals surface area (Å²) in [6, 6.07) is 5.77. The van der Waals surface area contributed by atoms with Crippen LogP contribution < -0.4 is 16.2 Å². The van der Waals surface area contributed by atoms with Gasteiger partial charge in [0, 0.05) is 11.8 Å². The number of nitrogen functional groups attached to an aromatic ring is 1. The number of hydrogen-bond donors (Lipinski definition) is 2. The van der Waals surface area contributed by atoms with Crippen LogP contribution >= 0.6 is 0 Å². The Kier molecular flexibility index (Phi) is 3.32. The SMILES string of the molecule is CCc1cc(-c2cnc(=O)[nH]c2N)ccc1OC. The number of methoxy groups -OCH3 is 1. The lowest BCUT2D eigenvalue weighted by Gasteiger charge is -2.10. The Morgan fingerprint density at radius 1 is 1.44 bits per heavy atom. The molecule has 3 N–H and O–H groups in total. The summed E-state index contributed by atoms with van der Waals surface area (Å²) >= 11 is 0. The minimum atomic E-state index is -0.444. The third-order valence-electron chi connectivity index (χ3n) is 2.81. The van der Waals surface area contributed by atoms with Gasteiger partial charge in [-0.15, -0.1) is 0 Å². The monoisotopic (exact) mass is 245 g/mol. The third-order valence-corrected chi connectivity index (χ3v) is 2.81. The van der Waals surface area contributed by atoms with E-state index in [-0.39, 0.29) is 0 Å². The average Bonchev–Trinajstić information content (AvgIpc) is 2.38. The van der Waals surface area contributed by atoms with Crippen LogP contribution in [0.4, 0.5) is 5.82 Å². The molecule has 0 unspecified atom stereocenters. The highest BCUT2D eigenvalue weighted by Crippen LogP contribution is 2.28. The topological polar surface area (TPSA) is 81.0 Å². The number of H-pyrrole nitrogens is 1. The van der Waals surface area contributed by atoms with Crippen LogP contribution in [-0.4, -0.2) is 17.1 Å². The van der Waals surface area contributed by atoms with E-state index in [4.69, 9.17) is 10.5 Å². The largest absolute Gasteiger partial charge is 0.496 e. The van der Waals surface area contributed by atoms with Gasteiger partial charge in [0.15, 0.2) is 0 Å². The van der Waals surface area contributed by atoms with E-state index in [0.717, 1.165) is 23.3 Å². The summed E-state index contributed by atoms with van der Waals surface area (Å²) in [6.45, 7) is 2.05. The highest BCUT2D eigenvalue weighted by molar-refractivity contribution is 5.73. The van der Waals surface area contributed by atoms with E-state index >= 15 is 0 Å². The Hall–Kier alpha value is -2.30. The van der Waals surface area contributed by atoms with E-state index in [9.17, 15) is 4.79 Å². The fraction of sp³-hybridized carbons (Fsp3) is 0.231. The van der Waals surface area contributed by atoms with Crippen molar-refractivity contribution in [3.8, 4) is 16.9 Å². The molecule has 2 aromatic rings. The van der Waals surface area contributed by atoms with Crippen molar-refractivity contribution in [1.29, 1.82) is 0 Å². The lowest BCUT2D eigenvalue weighted by Crippen LogP contribution is -2.12. The molecule has 0 aliphatic rings. The zero-order chi connectivity index (χ0) is 13.1. The molecule has 0 atom stereocenters. The third kappa shape index (κ3) is 2.20. The minimum Gasteiger partial charge on any atom is -0.496 e. The van der Waals surface area contributed by atoms with Crippen LogP contribution in [0.1, 0.15) is 12.5 Å². The van der Waals surface area contributed by atoms with Crippen molar-refractivity contribution in [3.63, 3.8) is 0 Å². The van der Waals surface area contributed by atoms with E-state index in [0.29, 0.717) is 11.4 Å². The Morgan fingerprint density at radius 2 is 2.22 bits per heavy atom. The van der Waals surface area contributed by atoms with Gasteiger partial charge in [-0.1, -0.05) is 13.0 Å². The second-order valence-corrected chi connectivity index (χ2v) is 3.90. The number of rotatable bonds is 3. The maximum absolute atomic E-state index is 11.0. The van der Waals surface area contributed by atoms with Crippen molar-refractivity contribution in [3.05, 3.63) is 40.4 Å². The Morgan fingerprint density at radius 3 is 2.83 bits per heavy atom. The molecular formula is C13H15N3O2. The number of ether oxygens (including phenoxy) is 1. The fourth-order valence-corrected chi connectivity index (χ4v) is 1.86. The van der Waals surface area contributed by atoms with Crippen molar-refractivity contribution in [1.82, 2.24) is 9.97 Å². The summed E-state index contributed by atoms with van der Waals surface area (Å²) in [5.74, 6) is 1.17. The molecule has 0 aliphatic heterocycles. The van der Waals surface area contributed by atoms with Gasteiger partial charge in [-0.2, -0.15) is 0 Å². The first-order valence-corrected chi connectivity index (χ1v) is 5.67. The van der Waals surface area contributed by atoms with E-state index in [2.05, 4.69) is 16.9 Å². The van der Waals surface area contributed by atoms with Crippen LogP contribution in [-0.2, 0) is 6.42 Å². The van der Waals surface area contributed by atoms with Crippen LogP contribution in [0, 0.1) is 0 Å². The van der Waals surface area contributed by atoms with Gasteiger partial charge >= 0.3 is 5.69 Å². The summed E-state index contributed by atoms with van der Waals surface area (Å²) < 4.78 is 5.27. The zero-order valence-corrected chi connectivity index (χ0v) is 10.4. The van der Waals surface area contributed by atoms with Crippen molar-refractivity contribution >= 4 is 5.82 Å². The number of nitrogens with one attached hydrogen (secondary N) is 1. The second kappa shape index (κ2) is 4.91. The molecule has 0 fully saturated rings. The second-order valence-electron chi connectivity index (χ2n) is 3.90. The molecule has 1 heterocycles. The Balaban J connectivity index is 2.54. The number of nitrogens with zero attached hydrogens (tertiary/aromatic N) is 1. The van der Waals surface area contributed by atoms with Gasteiger partial charge < -0.3 is 10.5 Å². The van der Waals surface area contributed by atoms with Crippen LogP contribution in [0.25, 0.3) is 11.1 Å². The van der Waals surface area contributed by atoms with E-state index in [1.165, 1.54) is 6.20 Å². The summed E-state index contributed by atoms with van der Waals surface area (Å²) in [5.41, 5.74) is 8.05. The quantitative estimate of drug-likeness (QED) is 0.860. The van der Waals surface area contributed by atoms with Gasteiger partial charge in [0.25, 0.3) is 0 Å². The minimum absolute atomic E-state index is 0.321. The predicted octanol–water partition coefficient (Wildman–Crippen LogP) is 1.59.